The maximum atomic E-state index is 6.12. The van der Waals surface area contributed by atoms with Crippen LogP contribution in [-0.4, -0.2) is 10.1 Å². The second-order valence-electron chi connectivity index (χ2n) is 5.69. The van der Waals surface area contributed by atoms with Gasteiger partial charge in [0.15, 0.2) is 5.58 Å². The maximum Gasteiger partial charge on any atom is 0.167 e. The highest BCUT2D eigenvalue weighted by molar-refractivity contribution is 6.31. The lowest BCUT2D eigenvalue weighted by molar-refractivity contribution is 0.301. The predicted octanol–water partition coefficient (Wildman–Crippen LogP) is 5.10. The van der Waals surface area contributed by atoms with E-state index in [2.05, 4.69) is 16.2 Å². The molecule has 0 amide bonds. The van der Waals surface area contributed by atoms with Gasteiger partial charge >= 0.3 is 0 Å². The van der Waals surface area contributed by atoms with Gasteiger partial charge in [-0.15, -0.1) is 0 Å². The molecule has 0 aliphatic carbocycles. The molecular weight excluding hydrogens is 324 g/mol. The molecular formula is C19H11ClN2O2. The van der Waals surface area contributed by atoms with Gasteiger partial charge in [0.1, 0.15) is 18.1 Å². The summed E-state index contributed by atoms with van der Waals surface area (Å²) in [7, 11) is 0. The number of hydrogen-bond acceptors (Lipinski definition) is 4. The summed E-state index contributed by atoms with van der Waals surface area (Å²) in [5.41, 5.74) is 5.29. The van der Waals surface area contributed by atoms with E-state index in [1.165, 1.54) is 0 Å². The van der Waals surface area contributed by atoms with Crippen LogP contribution in [0.15, 0.2) is 59.3 Å². The quantitative estimate of drug-likeness (QED) is 0.485. The van der Waals surface area contributed by atoms with Crippen molar-refractivity contribution in [2.45, 2.75) is 6.61 Å². The monoisotopic (exact) mass is 334 g/mol. The van der Waals surface area contributed by atoms with Gasteiger partial charge < -0.3 is 9.26 Å². The Balaban J connectivity index is 1.67. The third kappa shape index (κ3) is 2.00. The van der Waals surface area contributed by atoms with Crippen molar-refractivity contribution < 1.29 is 9.26 Å². The van der Waals surface area contributed by atoms with E-state index in [1.807, 2.05) is 48.7 Å². The van der Waals surface area contributed by atoms with Crippen LogP contribution in [0.2, 0.25) is 5.02 Å². The van der Waals surface area contributed by atoms with E-state index >= 15 is 0 Å². The fourth-order valence-corrected chi connectivity index (χ4v) is 3.23. The molecule has 3 heterocycles. The van der Waals surface area contributed by atoms with Gasteiger partial charge in [-0.05, 0) is 36.4 Å². The Morgan fingerprint density at radius 3 is 2.88 bits per heavy atom. The van der Waals surface area contributed by atoms with Crippen LogP contribution >= 0.6 is 11.6 Å². The fraction of sp³-hybridized carbons (Fsp3) is 0.0526. The first-order valence-electron chi connectivity index (χ1n) is 7.56. The van der Waals surface area contributed by atoms with Crippen molar-refractivity contribution in [3.8, 4) is 28.3 Å². The molecule has 0 fully saturated rings. The number of benzene rings is 2. The number of aromatic nitrogens is 2. The van der Waals surface area contributed by atoms with Gasteiger partial charge in [0.05, 0.1) is 5.69 Å². The van der Waals surface area contributed by atoms with E-state index < -0.39 is 0 Å². The molecule has 0 saturated carbocycles. The molecule has 1 aliphatic heterocycles. The molecule has 0 atom stereocenters. The molecule has 5 rings (SSSR count). The minimum absolute atomic E-state index is 0.473. The SMILES string of the molecule is Clc1ccc2c(c1)-c1ncc(-c3noc4ccccc34)cc1CO2. The summed E-state index contributed by atoms with van der Waals surface area (Å²) >= 11 is 6.12. The van der Waals surface area contributed by atoms with Crippen LogP contribution in [0, 0.1) is 0 Å². The van der Waals surface area contributed by atoms with Crippen LogP contribution in [0.5, 0.6) is 5.75 Å². The summed E-state index contributed by atoms with van der Waals surface area (Å²) in [5.74, 6) is 0.805. The van der Waals surface area contributed by atoms with Crippen LogP contribution < -0.4 is 4.74 Å². The Bertz CT molecular complexity index is 1090. The number of para-hydroxylation sites is 1. The van der Waals surface area contributed by atoms with Crippen molar-refractivity contribution in [3.05, 3.63) is 65.3 Å². The Morgan fingerprint density at radius 1 is 1.00 bits per heavy atom. The molecule has 4 nitrogen and oxygen atoms in total. The Kier molecular flexibility index (Phi) is 2.87. The lowest BCUT2D eigenvalue weighted by Gasteiger charge is -2.20. The Morgan fingerprint density at radius 2 is 1.92 bits per heavy atom. The molecule has 0 radical (unpaired) electrons. The van der Waals surface area contributed by atoms with Gasteiger partial charge in [-0.25, -0.2) is 0 Å². The largest absolute Gasteiger partial charge is 0.488 e. The van der Waals surface area contributed by atoms with Crippen molar-refractivity contribution in [2.75, 3.05) is 0 Å². The first-order valence-corrected chi connectivity index (χ1v) is 7.94. The summed E-state index contributed by atoms with van der Waals surface area (Å²) in [6.07, 6.45) is 1.82. The number of fused-ring (bicyclic) bond motifs is 4. The molecule has 0 N–H and O–H groups in total. The zero-order valence-corrected chi connectivity index (χ0v) is 13.2. The number of pyridine rings is 1. The fourth-order valence-electron chi connectivity index (χ4n) is 3.06. The number of hydrogen-bond donors (Lipinski definition) is 0. The molecule has 5 heteroatoms. The minimum Gasteiger partial charge on any atom is -0.488 e. The third-order valence-electron chi connectivity index (χ3n) is 4.20. The second-order valence-corrected chi connectivity index (χ2v) is 6.12. The number of rotatable bonds is 1. The van der Waals surface area contributed by atoms with Crippen LogP contribution in [0.1, 0.15) is 5.56 Å². The van der Waals surface area contributed by atoms with E-state index in [0.717, 1.165) is 44.8 Å². The highest BCUT2D eigenvalue weighted by Gasteiger charge is 2.21. The smallest absolute Gasteiger partial charge is 0.167 e. The predicted molar refractivity (Wildman–Crippen MR) is 92.0 cm³/mol. The molecule has 1 aliphatic rings. The van der Waals surface area contributed by atoms with E-state index in [9.17, 15) is 0 Å². The van der Waals surface area contributed by atoms with Crippen LogP contribution in [0.25, 0.3) is 33.5 Å². The zero-order valence-electron chi connectivity index (χ0n) is 12.5. The lowest BCUT2D eigenvalue weighted by Crippen LogP contribution is -2.07. The van der Waals surface area contributed by atoms with Crippen molar-refractivity contribution in [3.63, 3.8) is 0 Å². The molecule has 4 aromatic rings. The Labute approximate surface area is 142 Å². The standard InChI is InChI=1S/C19H11ClN2O2/c20-13-5-6-16-15(8-13)18-12(10-23-16)7-11(9-21-18)19-14-3-1-2-4-17(14)24-22-19/h1-9H,10H2. The highest BCUT2D eigenvalue weighted by Crippen LogP contribution is 2.39. The summed E-state index contributed by atoms with van der Waals surface area (Å²) in [4.78, 5) is 4.64. The Hall–Kier alpha value is -2.85. The van der Waals surface area contributed by atoms with E-state index in [1.54, 1.807) is 0 Å². The second kappa shape index (κ2) is 5.08. The van der Waals surface area contributed by atoms with E-state index in [0.29, 0.717) is 11.6 Å². The van der Waals surface area contributed by atoms with Crippen molar-refractivity contribution >= 4 is 22.6 Å². The normalized spacial score (nSPS) is 12.5. The highest BCUT2D eigenvalue weighted by atomic mass is 35.5. The van der Waals surface area contributed by atoms with Crippen LogP contribution in [0.3, 0.4) is 0 Å². The number of nitrogens with zero attached hydrogens (tertiary/aromatic N) is 2. The summed E-state index contributed by atoms with van der Waals surface area (Å²) in [5, 5.41) is 5.83. The van der Waals surface area contributed by atoms with Gasteiger partial charge in [0.25, 0.3) is 0 Å². The van der Waals surface area contributed by atoms with Crippen LogP contribution in [-0.2, 0) is 6.61 Å². The van der Waals surface area contributed by atoms with Gasteiger partial charge in [-0.3, -0.25) is 4.98 Å². The average Bonchev–Trinajstić information content (AvgIpc) is 3.05. The average molecular weight is 335 g/mol. The molecule has 2 aromatic carbocycles. The van der Waals surface area contributed by atoms with Gasteiger partial charge in [0.2, 0.25) is 0 Å². The van der Waals surface area contributed by atoms with Crippen molar-refractivity contribution in [2.24, 2.45) is 0 Å². The summed E-state index contributed by atoms with van der Waals surface area (Å²) in [6.45, 7) is 0.473. The first-order chi connectivity index (χ1) is 11.8. The topological polar surface area (TPSA) is 48.2 Å². The number of ether oxygens (including phenoxy) is 1. The van der Waals surface area contributed by atoms with Crippen molar-refractivity contribution in [1.29, 1.82) is 0 Å². The van der Waals surface area contributed by atoms with E-state index in [-0.39, 0.29) is 0 Å². The van der Waals surface area contributed by atoms with Crippen LogP contribution in [0.4, 0.5) is 0 Å². The summed E-state index contributed by atoms with van der Waals surface area (Å²) in [6, 6.07) is 15.4. The minimum atomic E-state index is 0.473. The zero-order chi connectivity index (χ0) is 16.1. The lowest BCUT2D eigenvalue weighted by atomic mass is 10.00. The van der Waals surface area contributed by atoms with Gasteiger partial charge in [-0.2, -0.15) is 0 Å². The molecule has 0 saturated heterocycles. The molecule has 0 unspecified atom stereocenters. The molecule has 24 heavy (non-hydrogen) atoms. The maximum absolute atomic E-state index is 6.12. The third-order valence-corrected chi connectivity index (χ3v) is 4.43. The molecule has 116 valence electrons. The summed E-state index contributed by atoms with van der Waals surface area (Å²) < 4.78 is 11.2. The van der Waals surface area contributed by atoms with Gasteiger partial charge in [0, 0.05) is 33.3 Å². The molecule has 2 aromatic heterocycles. The molecule has 0 spiro atoms. The van der Waals surface area contributed by atoms with Gasteiger partial charge in [-0.1, -0.05) is 28.9 Å². The first kappa shape index (κ1) is 13.6. The number of halogens is 1. The van der Waals surface area contributed by atoms with E-state index in [4.69, 9.17) is 20.9 Å². The molecule has 0 bridgehead atoms. The van der Waals surface area contributed by atoms with Crippen molar-refractivity contribution in [1.82, 2.24) is 10.1 Å².